The van der Waals surface area contributed by atoms with Gasteiger partial charge in [-0.3, -0.25) is 4.90 Å². The summed E-state index contributed by atoms with van der Waals surface area (Å²) in [7, 11) is 2.00. The molecule has 112 valence electrons. The maximum absolute atomic E-state index is 14.2. The first kappa shape index (κ1) is 15.7. The molecule has 0 aliphatic rings. The normalized spacial score (nSPS) is 11.1. The average Bonchev–Trinajstić information content (AvgIpc) is 2.50. The molecule has 0 saturated heterocycles. The summed E-state index contributed by atoms with van der Waals surface area (Å²) >= 11 is 0. The van der Waals surface area contributed by atoms with Crippen molar-refractivity contribution in [2.24, 2.45) is 5.73 Å². The quantitative estimate of drug-likeness (QED) is 0.881. The lowest BCUT2D eigenvalue weighted by atomic mass is 10.1. The molecule has 0 aromatic heterocycles. The van der Waals surface area contributed by atoms with Gasteiger partial charge in [-0.05, 0) is 24.6 Å². The van der Waals surface area contributed by atoms with Crippen molar-refractivity contribution in [3.8, 4) is 0 Å². The lowest BCUT2D eigenvalue weighted by Gasteiger charge is -2.18. The third-order valence-electron chi connectivity index (χ3n) is 3.70. The van der Waals surface area contributed by atoms with Crippen molar-refractivity contribution in [2.45, 2.75) is 33.0 Å². The topological polar surface area (TPSA) is 29.3 Å². The minimum absolute atomic E-state index is 0.173. The molecular formula is C18H23FN2. The van der Waals surface area contributed by atoms with E-state index in [1.807, 2.05) is 19.2 Å². The number of hydrogen-bond donors (Lipinski definition) is 1. The molecule has 0 atom stereocenters. The van der Waals surface area contributed by atoms with Gasteiger partial charge in [0, 0.05) is 30.8 Å². The zero-order valence-electron chi connectivity index (χ0n) is 12.8. The highest BCUT2D eigenvalue weighted by atomic mass is 19.1. The van der Waals surface area contributed by atoms with Gasteiger partial charge in [-0.15, -0.1) is 0 Å². The summed E-state index contributed by atoms with van der Waals surface area (Å²) < 4.78 is 14.2. The van der Waals surface area contributed by atoms with Crippen LogP contribution in [0.25, 0.3) is 0 Å². The van der Waals surface area contributed by atoms with E-state index < -0.39 is 0 Å². The van der Waals surface area contributed by atoms with Crippen molar-refractivity contribution >= 4 is 0 Å². The minimum atomic E-state index is -0.173. The van der Waals surface area contributed by atoms with Crippen LogP contribution in [-0.4, -0.2) is 11.9 Å². The third-order valence-corrected chi connectivity index (χ3v) is 3.70. The molecule has 0 heterocycles. The summed E-state index contributed by atoms with van der Waals surface area (Å²) in [6, 6.07) is 14.0. The van der Waals surface area contributed by atoms with E-state index in [0.29, 0.717) is 17.7 Å². The number of halogens is 1. The molecule has 0 saturated carbocycles. The monoisotopic (exact) mass is 286 g/mol. The van der Waals surface area contributed by atoms with Crippen molar-refractivity contribution in [1.29, 1.82) is 0 Å². The van der Waals surface area contributed by atoms with E-state index in [4.69, 9.17) is 5.73 Å². The standard InChI is InChI=1S/C18H23FN2/c1-3-14-7-9-15(10-8-14)12-21(2)13-17-6-4-5-16(11-20)18(17)19/h4-10H,3,11-13,20H2,1-2H3. The van der Waals surface area contributed by atoms with E-state index in [-0.39, 0.29) is 12.4 Å². The van der Waals surface area contributed by atoms with Crippen LogP contribution in [-0.2, 0) is 26.1 Å². The smallest absolute Gasteiger partial charge is 0.132 e. The van der Waals surface area contributed by atoms with Crippen LogP contribution in [0.15, 0.2) is 42.5 Å². The van der Waals surface area contributed by atoms with Gasteiger partial charge in [0.2, 0.25) is 0 Å². The molecule has 2 rings (SSSR count). The predicted octanol–water partition coefficient (Wildman–Crippen LogP) is 3.48. The van der Waals surface area contributed by atoms with Crippen LogP contribution >= 0.6 is 0 Å². The molecule has 2 N–H and O–H groups in total. The number of benzene rings is 2. The molecule has 2 aromatic rings. The molecule has 3 heteroatoms. The zero-order valence-corrected chi connectivity index (χ0v) is 12.8. The number of hydrogen-bond acceptors (Lipinski definition) is 2. The van der Waals surface area contributed by atoms with Crippen LogP contribution in [0, 0.1) is 5.82 Å². The van der Waals surface area contributed by atoms with Crippen LogP contribution in [0.1, 0.15) is 29.2 Å². The number of rotatable bonds is 6. The van der Waals surface area contributed by atoms with Gasteiger partial charge >= 0.3 is 0 Å². The summed E-state index contributed by atoms with van der Waals surface area (Å²) in [6.07, 6.45) is 1.05. The SMILES string of the molecule is CCc1ccc(CN(C)Cc2cccc(CN)c2F)cc1. The van der Waals surface area contributed by atoms with Crippen molar-refractivity contribution < 1.29 is 4.39 Å². The highest BCUT2D eigenvalue weighted by Crippen LogP contribution is 2.15. The summed E-state index contributed by atoms with van der Waals surface area (Å²) in [4.78, 5) is 2.11. The fraction of sp³-hybridized carbons (Fsp3) is 0.333. The molecule has 0 spiro atoms. The average molecular weight is 286 g/mol. The molecule has 0 aliphatic carbocycles. The molecule has 0 unspecified atom stereocenters. The second-order valence-corrected chi connectivity index (χ2v) is 5.44. The zero-order chi connectivity index (χ0) is 15.2. The maximum atomic E-state index is 14.2. The van der Waals surface area contributed by atoms with Gasteiger partial charge in [0.05, 0.1) is 0 Å². The third kappa shape index (κ3) is 4.13. The van der Waals surface area contributed by atoms with Gasteiger partial charge in [0.25, 0.3) is 0 Å². The number of nitrogens with two attached hydrogens (primary N) is 1. The van der Waals surface area contributed by atoms with Crippen LogP contribution < -0.4 is 5.73 Å². The number of aryl methyl sites for hydroxylation is 1. The van der Waals surface area contributed by atoms with E-state index in [0.717, 1.165) is 13.0 Å². The van der Waals surface area contributed by atoms with Gasteiger partial charge in [0.15, 0.2) is 0 Å². The Labute approximate surface area is 126 Å². The van der Waals surface area contributed by atoms with Crippen molar-refractivity contribution in [3.63, 3.8) is 0 Å². The van der Waals surface area contributed by atoms with Crippen LogP contribution in [0.3, 0.4) is 0 Å². The number of nitrogens with zero attached hydrogens (tertiary/aromatic N) is 1. The lowest BCUT2D eigenvalue weighted by molar-refractivity contribution is 0.313. The Bertz CT molecular complexity index is 578. The lowest BCUT2D eigenvalue weighted by Crippen LogP contribution is -2.18. The molecule has 0 bridgehead atoms. The van der Waals surface area contributed by atoms with Gasteiger partial charge in [-0.25, -0.2) is 4.39 Å². The van der Waals surface area contributed by atoms with Crippen molar-refractivity contribution in [3.05, 3.63) is 70.5 Å². The van der Waals surface area contributed by atoms with Crippen molar-refractivity contribution in [1.82, 2.24) is 4.90 Å². The Kier molecular flexibility index (Phi) is 5.48. The first-order chi connectivity index (χ1) is 10.1. The second kappa shape index (κ2) is 7.34. The Hall–Kier alpha value is -1.71. The highest BCUT2D eigenvalue weighted by Gasteiger charge is 2.09. The fourth-order valence-corrected chi connectivity index (χ4v) is 2.45. The Morgan fingerprint density at radius 3 is 2.19 bits per heavy atom. The molecule has 0 aliphatic heterocycles. The Balaban J connectivity index is 2.02. The molecule has 2 nitrogen and oxygen atoms in total. The van der Waals surface area contributed by atoms with Crippen LogP contribution in [0.5, 0.6) is 0 Å². The fourth-order valence-electron chi connectivity index (χ4n) is 2.45. The van der Waals surface area contributed by atoms with Gasteiger partial charge in [-0.2, -0.15) is 0 Å². The molecule has 21 heavy (non-hydrogen) atoms. The van der Waals surface area contributed by atoms with E-state index in [1.165, 1.54) is 11.1 Å². The summed E-state index contributed by atoms with van der Waals surface area (Å²) in [5.41, 5.74) is 9.40. The second-order valence-electron chi connectivity index (χ2n) is 5.44. The van der Waals surface area contributed by atoms with Crippen LogP contribution in [0.2, 0.25) is 0 Å². The summed E-state index contributed by atoms with van der Waals surface area (Å²) in [6.45, 7) is 3.77. The Morgan fingerprint density at radius 1 is 0.952 bits per heavy atom. The predicted molar refractivity (Wildman–Crippen MR) is 85.3 cm³/mol. The molecule has 0 amide bonds. The molecule has 0 fully saturated rings. The molecule has 0 radical (unpaired) electrons. The van der Waals surface area contributed by atoms with E-state index >= 15 is 0 Å². The Morgan fingerprint density at radius 2 is 1.57 bits per heavy atom. The van der Waals surface area contributed by atoms with Gasteiger partial charge in [0.1, 0.15) is 5.82 Å². The van der Waals surface area contributed by atoms with E-state index in [9.17, 15) is 4.39 Å². The van der Waals surface area contributed by atoms with E-state index in [2.05, 4.69) is 36.1 Å². The largest absolute Gasteiger partial charge is 0.326 e. The van der Waals surface area contributed by atoms with Gasteiger partial charge < -0.3 is 5.73 Å². The summed E-state index contributed by atoms with van der Waals surface area (Å²) in [5.74, 6) is -0.173. The van der Waals surface area contributed by atoms with Gasteiger partial charge in [-0.1, -0.05) is 49.4 Å². The highest BCUT2D eigenvalue weighted by molar-refractivity contribution is 5.26. The molecular weight excluding hydrogens is 263 g/mol. The molecule has 2 aromatic carbocycles. The first-order valence-electron chi connectivity index (χ1n) is 7.36. The maximum Gasteiger partial charge on any atom is 0.132 e. The van der Waals surface area contributed by atoms with E-state index in [1.54, 1.807) is 6.07 Å². The minimum Gasteiger partial charge on any atom is -0.326 e. The first-order valence-corrected chi connectivity index (χ1v) is 7.36. The summed E-state index contributed by atoms with van der Waals surface area (Å²) in [5, 5.41) is 0. The van der Waals surface area contributed by atoms with Crippen molar-refractivity contribution in [2.75, 3.05) is 7.05 Å². The van der Waals surface area contributed by atoms with Crippen LogP contribution in [0.4, 0.5) is 4.39 Å².